The van der Waals surface area contributed by atoms with Crippen molar-refractivity contribution in [3.63, 3.8) is 0 Å². The second-order valence-corrected chi connectivity index (χ2v) is 9.12. The highest BCUT2D eigenvalue weighted by molar-refractivity contribution is 5.78. The lowest BCUT2D eigenvalue weighted by Gasteiger charge is -2.47. The molecule has 2 aromatic rings. The van der Waals surface area contributed by atoms with E-state index in [1.54, 1.807) is 0 Å². The number of carboxylic acids is 1. The van der Waals surface area contributed by atoms with Crippen molar-refractivity contribution < 1.29 is 14.6 Å². The molecule has 2 heterocycles. The maximum Gasteiger partial charge on any atom is 0.306 e. The Morgan fingerprint density at radius 1 is 1.14 bits per heavy atom. The highest BCUT2D eigenvalue weighted by Crippen LogP contribution is 2.55. The highest BCUT2D eigenvalue weighted by atomic mass is 16.5. The van der Waals surface area contributed by atoms with Crippen molar-refractivity contribution in [2.75, 3.05) is 0 Å². The number of benzene rings is 1. The third-order valence-corrected chi connectivity index (χ3v) is 7.67. The van der Waals surface area contributed by atoms with E-state index in [1.807, 2.05) is 12.1 Å². The molecule has 7 atom stereocenters. The summed E-state index contributed by atoms with van der Waals surface area (Å²) in [4.78, 5) is 16.9. The lowest BCUT2D eigenvalue weighted by atomic mass is 9.56. The number of ether oxygens (including phenoxy) is 1. The van der Waals surface area contributed by atoms with Crippen LogP contribution >= 0.6 is 0 Å². The average molecular weight is 380 g/mol. The maximum absolute atomic E-state index is 12.1. The molecule has 0 spiro atoms. The Bertz CT molecular complexity index is 881. The number of hydrogen-bond acceptors (Lipinski definition) is 3. The molecule has 1 aromatic carbocycles. The first-order chi connectivity index (χ1) is 13.6. The van der Waals surface area contributed by atoms with Gasteiger partial charge in [-0.15, -0.1) is 0 Å². The zero-order valence-electron chi connectivity index (χ0n) is 16.5. The van der Waals surface area contributed by atoms with Crippen LogP contribution in [-0.2, 0) is 16.0 Å². The van der Waals surface area contributed by atoms with Crippen LogP contribution in [0.4, 0.5) is 0 Å². The largest absolute Gasteiger partial charge is 0.481 e. The number of carboxylic acid groups (broad SMARTS) is 1. The summed E-state index contributed by atoms with van der Waals surface area (Å²) in [5.74, 6) is 0.778. The van der Waals surface area contributed by atoms with Crippen molar-refractivity contribution in [3.8, 4) is 0 Å². The van der Waals surface area contributed by atoms with Crippen molar-refractivity contribution in [2.24, 2.45) is 29.6 Å². The van der Waals surface area contributed by atoms with Crippen LogP contribution in [0.2, 0.25) is 0 Å². The molecule has 4 nitrogen and oxygen atoms in total. The van der Waals surface area contributed by atoms with Gasteiger partial charge in [0, 0.05) is 23.4 Å². The van der Waals surface area contributed by atoms with Crippen molar-refractivity contribution in [1.82, 2.24) is 4.98 Å². The first kappa shape index (κ1) is 18.1. The van der Waals surface area contributed by atoms with Gasteiger partial charge in [0.1, 0.15) is 0 Å². The molecule has 1 unspecified atom stereocenters. The van der Waals surface area contributed by atoms with Gasteiger partial charge < -0.3 is 9.84 Å². The molecule has 5 rings (SSSR count). The Morgan fingerprint density at radius 2 is 1.96 bits per heavy atom. The van der Waals surface area contributed by atoms with Gasteiger partial charge in [0.05, 0.1) is 23.6 Å². The van der Waals surface area contributed by atoms with Crippen LogP contribution in [0.5, 0.6) is 0 Å². The summed E-state index contributed by atoms with van der Waals surface area (Å²) in [5.41, 5.74) is 2.08. The van der Waals surface area contributed by atoms with E-state index in [-0.39, 0.29) is 24.0 Å². The highest BCUT2D eigenvalue weighted by Gasteiger charge is 2.56. The SMILES string of the molecule is C[C@H]1O[C@H](Cc2ccc3ccccc3n2)C2[C@H]1[C@H](C(=O)O)C[C@@H]1CCCC[C@@H]21. The number of carbonyl (C=O) groups is 1. The Balaban J connectivity index is 1.46. The first-order valence-corrected chi connectivity index (χ1v) is 10.8. The van der Waals surface area contributed by atoms with E-state index in [0.29, 0.717) is 17.8 Å². The predicted octanol–water partition coefficient (Wildman–Crippen LogP) is 4.71. The van der Waals surface area contributed by atoms with Gasteiger partial charge in [-0.25, -0.2) is 0 Å². The van der Waals surface area contributed by atoms with Gasteiger partial charge in [-0.3, -0.25) is 9.78 Å². The van der Waals surface area contributed by atoms with Gasteiger partial charge in [0.2, 0.25) is 0 Å². The monoisotopic (exact) mass is 379 g/mol. The van der Waals surface area contributed by atoms with Gasteiger partial charge in [-0.2, -0.15) is 0 Å². The third-order valence-electron chi connectivity index (χ3n) is 7.67. The van der Waals surface area contributed by atoms with Crippen LogP contribution in [0.25, 0.3) is 10.9 Å². The average Bonchev–Trinajstić information content (AvgIpc) is 3.03. The van der Waals surface area contributed by atoms with Crippen LogP contribution in [-0.4, -0.2) is 28.3 Å². The number of rotatable bonds is 3. The molecule has 1 N–H and O–H groups in total. The van der Waals surface area contributed by atoms with Crippen molar-refractivity contribution in [1.29, 1.82) is 0 Å². The van der Waals surface area contributed by atoms with Gasteiger partial charge in [-0.1, -0.05) is 43.5 Å². The van der Waals surface area contributed by atoms with E-state index in [2.05, 4.69) is 31.2 Å². The quantitative estimate of drug-likeness (QED) is 0.839. The second kappa shape index (κ2) is 7.14. The molecule has 2 aliphatic carbocycles. The van der Waals surface area contributed by atoms with E-state index < -0.39 is 5.97 Å². The van der Waals surface area contributed by atoms with Crippen molar-refractivity contribution in [2.45, 2.75) is 57.7 Å². The minimum absolute atomic E-state index is 0.0134. The van der Waals surface area contributed by atoms with E-state index in [0.717, 1.165) is 29.4 Å². The van der Waals surface area contributed by atoms with Crippen LogP contribution < -0.4 is 0 Å². The van der Waals surface area contributed by atoms with Gasteiger partial charge >= 0.3 is 5.97 Å². The number of aromatic nitrogens is 1. The van der Waals surface area contributed by atoms with Crippen molar-refractivity contribution >= 4 is 16.9 Å². The summed E-state index contributed by atoms with van der Waals surface area (Å²) in [6.07, 6.45) is 6.67. The lowest BCUT2D eigenvalue weighted by molar-refractivity contribution is -0.149. The molecule has 3 fully saturated rings. The molecule has 1 aliphatic heterocycles. The molecular weight excluding hydrogens is 350 g/mol. The normalized spacial score (nSPS) is 37.4. The van der Waals surface area contributed by atoms with Crippen LogP contribution in [0, 0.1) is 29.6 Å². The molecule has 1 aromatic heterocycles. The number of pyridine rings is 1. The fraction of sp³-hybridized carbons (Fsp3) is 0.583. The molecule has 28 heavy (non-hydrogen) atoms. The fourth-order valence-corrected chi connectivity index (χ4v) is 6.57. The fourth-order valence-electron chi connectivity index (χ4n) is 6.57. The molecular formula is C24H29NO3. The smallest absolute Gasteiger partial charge is 0.306 e. The zero-order valence-corrected chi connectivity index (χ0v) is 16.5. The van der Waals surface area contributed by atoms with Crippen LogP contribution in [0.15, 0.2) is 36.4 Å². The van der Waals surface area contributed by atoms with Gasteiger partial charge in [-0.05, 0) is 49.7 Å². The Labute approximate surface area is 166 Å². The minimum atomic E-state index is -0.626. The number of para-hydroxylation sites is 1. The standard InChI is InChI=1S/C24H29NO3/c1-14-22-19(24(26)27)12-16-7-2-4-8-18(16)23(22)21(28-14)13-17-11-10-15-6-3-5-9-20(15)25-17/h3,5-6,9-11,14,16,18-19,21-23H,2,4,7-8,12-13H2,1H3,(H,26,27)/t14-,16+,18-,19-,21-,22-,23?/m1/s1. The van der Waals surface area contributed by atoms with Gasteiger partial charge in [0.15, 0.2) is 0 Å². The maximum atomic E-state index is 12.1. The second-order valence-electron chi connectivity index (χ2n) is 9.12. The Morgan fingerprint density at radius 3 is 2.82 bits per heavy atom. The molecule has 148 valence electrons. The van der Waals surface area contributed by atoms with Gasteiger partial charge in [0.25, 0.3) is 0 Å². The first-order valence-electron chi connectivity index (χ1n) is 10.8. The molecule has 1 saturated heterocycles. The van der Waals surface area contributed by atoms with E-state index in [4.69, 9.17) is 9.72 Å². The third kappa shape index (κ3) is 3.02. The lowest BCUT2D eigenvalue weighted by Crippen LogP contribution is -2.47. The number of nitrogens with zero attached hydrogens (tertiary/aromatic N) is 1. The molecule has 4 heteroatoms. The summed E-state index contributed by atoms with van der Waals surface area (Å²) in [6, 6.07) is 12.4. The molecule has 0 bridgehead atoms. The van der Waals surface area contributed by atoms with E-state index in [9.17, 15) is 9.90 Å². The molecule has 3 aliphatic rings. The Hall–Kier alpha value is -1.94. The number of hydrogen-bond donors (Lipinski definition) is 1. The zero-order chi connectivity index (χ0) is 19.3. The summed E-state index contributed by atoms with van der Waals surface area (Å²) in [6.45, 7) is 2.09. The summed E-state index contributed by atoms with van der Waals surface area (Å²) < 4.78 is 6.45. The van der Waals surface area contributed by atoms with Crippen LogP contribution in [0.3, 0.4) is 0 Å². The summed E-state index contributed by atoms with van der Waals surface area (Å²) in [7, 11) is 0. The Kier molecular flexibility index (Phi) is 4.62. The number of aliphatic carboxylic acids is 1. The van der Waals surface area contributed by atoms with E-state index >= 15 is 0 Å². The molecule has 2 saturated carbocycles. The predicted molar refractivity (Wildman–Crippen MR) is 108 cm³/mol. The van der Waals surface area contributed by atoms with E-state index in [1.165, 1.54) is 25.7 Å². The molecule has 0 amide bonds. The molecule has 0 radical (unpaired) electrons. The summed E-state index contributed by atoms with van der Waals surface area (Å²) >= 11 is 0. The number of fused-ring (bicyclic) bond motifs is 4. The van der Waals surface area contributed by atoms with Crippen molar-refractivity contribution in [3.05, 3.63) is 42.1 Å². The van der Waals surface area contributed by atoms with Crippen LogP contribution in [0.1, 0.15) is 44.7 Å². The summed E-state index contributed by atoms with van der Waals surface area (Å²) in [5, 5.41) is 11.1. The minimum Gasteiger partial charge on any atom is -0.481 e. The topological polar surface area (TPSA) is 59.4 Å².